The highest BCUT2D eigenvalue weighted by molar-refractivity contribution is 7.16. The van der Waals surface area contributed by atoms with E-state index in [2.05, 4.69) is 11.6 Å². The molecule has 0 aliphatic carbocycles. The van der Waals surface area contributed by atoms with Crippen LogP contribution in [0.3, 0.4) is 0 Å². The third kappa shape index (κ3) is 3.84. The molecule has 7 heteroatoms. The number of nitro benzene ring substituents is 1. The lowest BCUT2D eigenvalue weighted by Gasteiger charge is -1.99. The largest absolute Gasteiger partial charge is 0.312 e. The van der Waals surface area contributed by atoms with Crippen LogP contribution in [0.2, 0.25) is 0 Å². The molecule has 0 unspecified atom stereocenters. The third-order valence-electron chi connectivity index (χ3n) is 3.61. The second kappa shape index (κ2) is 7.71. The Kier molecular flexibility index (Phi) is 5.19. The minimum absolute atomic E-state index is 0.0233. The van der Waals surface area contributed by atoms with Gasteiger partial charge in [0, 0.05) is 24.8 Å². The Labute approximate surface area is 153 Å². The zero-order chi connectivity index (χ0) is 18.5. The van der Waals surface area contributed by atoms with Crippen molar-refractivity contribution in [1.82, 2.24) is 4.57 Å². The van der Waals surface area contributed by atoms with Gasteiger partial charge in [-0.25, -0.2) is 0 Å². The van der Waals surface area contributed by atoms with E-state index in [1.54, 1.807) is 18.2 Å². The van der Waals surface area contributed by atoms with Gasteiger partial charge in [0.2, 0.25) is 0 Å². The smallest absolute Gasteiger partial charge is 0.272 e. The molecule has 1 aromatic heterocycles. The van der Waals surface area contributed by atoms with E-state index < -0.39 is 10.8 Å². The lowest BCUT2D eigenvalue weighted by molar-refractivity contribution is -0.384. The summed E-state index contributed by atoms with van der Waals surface area (Å²) in [5.74, 6) is -0.430. The predicted octanol–water partition coefficient (Wildman–Crippen LogP) is 3.94. The van der Waals surface area contributed by atoms with Crippen LogP contribution in [0, 0.1) is 10.1 Å². The molecule has 1 heterocycles. The first kappa shape index (κ1) is 17.5. The van der Waals surface area contributed by atoms with Gasteiger partial charge in [-0.3, -0.25) is 14.9 Å². The summed E-state index contributed by atoms with van der Waals surface area (Å²) in [4.78, 5) is 27.3. The molecule has 0 spiro atoms. The number of hydrogen-bond acceptors (Lipinski definition) is 4. The summed E-state index contributed by atoms with van der Waals surface area (Å²) in [6, 6.07) is 13.9. The van der Waals surface area contributed by atoms with Crippen LogP contribution < -0.4 is 4.80 Å². The summed E-state index contributed by atoms with van der Waals surface area (Å²) in [7, 11) is 0. The number of nitro groups is 1. The molecular weight excluding hydrogens is 350 g/mol. The average Bonchev–Trinajstić information content (AvgIpc) is 2.98. The molecule has 0 atom stereocenters. The molecule has 3 aromatic rings. The van der Waals surface area contributed by atoms with Crippen molar-refractivity contribution in [3.05, 3.63) is 87.7 Å². The van der Waals surface area contributed by atoms with Crippen molar-refractivity contribution in [2.45, 2.75) is 6.54 Å². The van der Waals surface area contributed by atoms with Gasteiger partial charge in [-0.05, 0) is 23.8 Å². The number of carbonyl (C=O) groups excluding carboxylic acids is 1. The van der Waals surface area contributed by atoms with Gasteiger partial charge in [0.15, 0.2) is 4.80 Å². The molecule has 0 saturated carbocycles. The normalized spacial score (nSPS) is 11.9. The van der Waals surface area contributed by atoms with E-state index in [9.17, 15) is 14.9 Å². The molecule has 0 aliphatic rings. The Bertz CT molecular complexity index is 1090. The topological polar surface area (TPSA) is 77.5 Å². The summed E-state index contributed by atoms with van der Waals surface area (Å²) in [5.41, 5.74) is 1.54. The number of thiazole rings is 1. The average molecular weight is 365 g/mol. The van der Waals surface area contributed by atoms with Crippen LogP contribution in [0.1, 0.15) is 5.56 Å². The Balaban J connectivity index is 1.92. The first-order chi connectivity index (χ1) is 12.6. The molecule has 0 fully saturated rings. The molecule has 26 heavy (non-hydrogen) atoms. The van der Waals surface area contributed by atoms with Gasteiger partial charge in [0.05, 0.1) is 15.1 Å². The summed E-state index contributed by atoms with van der Waals surface area (Å²) >= 11 is 1.42. The number of benzene rings is 2. The van der Waals surface area contributed by atoms with E-state index in [1.807, 2.05) is 28.8 Å². The zero-order valence-electron chi connectivity index (χ0n) is 13.7. The summed E-state index contributed by atoms with van der Waals surface area (Å²) in [6.07, 6.45) is 4.58. The summed E-state index contributed by atoms with van der Waals surface area (Å²) in [6.45, 7) is 4.30. The SMILES string of the molecule is C=CCn1c(=NC(=O)C=Cc2cccc([N+](=O)[O-])c2)sc2ccccc21. The number of aromatic nitrogens is 1. The molecule has 6 nitrogen and oxygen atoms in total. The van der Waals surface area contributed by atoms with Gasteiger partial charge < -0.3 is 4.57 Å². The quantitative estimate of drug-likeness (QED) is 0.297. The van der Waals surface area contributed by atoms with Crippen molar-refractivity contribution in [2.24, 2.45) is 4.99 Å². The monoisotopic (exact) mass is 365 g/mol. The van der Waals surface area contributed by atoms with Gasteiger partial charge in [0.25, 0.3) is 11.6 Å². The highest BCUT2D eigenvalue weighted by atomic mass is 32.1. The van der Waals surface area contributed by atoms with Gasteiger partial charge in [-0.1, -0.05) is 41.7 Å². The van der Waals surface area contributed by atoms with Gasteiger partial charge in [0.1, 0.15) is 0 Å². The Hall–Kier alpha value is -3.32. The fourth-order valence-electron chi connectivity index (χ4n) is 2.45. The lowest BCUT2D eigenvalue weighted by atomic mass is 10.2. The van der Waals surface area contributed by atoms with Gasteiger partial charge >= 0.3 is 0 Å². The third-order valence-corrected chi connectivity index (χ3v) is 4.66. The molecule has 0 aliphatic heterocycles. The number of non-ortho nitro benzene ring substituents is 1. The number of fused-ring (bicyclic) bond motifs is 1. The molecule has 0 saturated heterocycles. The van der Waals surface area contributed by atoms with E-state index in [0.29, 0.717) is 16.9 Å². The fourth-order valence-corrected chi connectivity index (χ4v) is 3.50. The standard InChI is InChI=1S/C19H15N3O3S/c1-2-12-21-16-8-3-4-9-17(16)26-19(21)20-18(23)11-10-14-6-5-7-15(13-14)22(24)25/h2-11,13H,1,12H2. The van der Waals surface area contributed by atoms with Crippen LogP contribution in [-0.2, 0) is 11.3 Å². The molecule has 130 valence electrons. The Morgan fingerprint density at radius 3 is 2.85 bits per heavy atom. The van der Waals surface area contributed by atoms with Crippen LogP contribution in [-0.4, -0.2) is 15.4 Å². The van der Waals surface area contributed by atoms with Crippen LogP contribution in [0.4, 0.5) is 5.69 Å². The number of para-hydroxylation sites is 1. The highest BCUT2D eigenvalue weighted by Gasteiger charge is 2.06. The zero-order valence-corrected chi connectivity index (χ0v) is 14.6. The number of allylic oxidation sites excluding steroid dienone is 1. The molecule has 1 amide bonds. The van der Waals surface area contributed by atoms with E-state index >= 15 is 0 Å². The number of amides is 1. The van der Waals surface area contributed by atoms with Crippen LogP contribution in [0.15, 0.2) is 72.3 Å². The minimum atomic E-state index is -0.473. The molecular formula is C19H15N3O3S. The molecule has 0 N–H and O–H groups in total. The predicted molar refractivity (Wildman–Crippen MR) is 103 cm³/mol. The van der Waals surface area contributed by atoms with E-state index in [0.717, 1.165) is 10.2 Å². The fraction of sp³-hybridized carbons (Fsp3) is 0.0526. The van der Waals surface area contributed by atoms with Crippen molar-refractivity contribution in [2.75, 3.05) is 0 Å². The van der Waals surface area contributed by atoms with Crippen molar-refractivity contribution in [3.63, 3.8) is 0 Å². The van der Waals surface area contributed by atoms with E-state index in [-0.39, 0.29) is 5.69 Å². The van der Waals surface area contributed by atoms with Gasteiger partial charge in [-0.15, -0.1) is 6.58 Å². The van der Waals surface area contributed by atoms with Crippen molar-refractivity contribution >= 4 is 39.2 Å². The molecule has 2 aromatic carbocycles. The van der Waals surface area contributed by atoms with E-state index in [1.165, 1.54) is 35.6 Å². The van der Waals surface area contributed by atoms with Crippen molar-refractivity contribution in [1.29, 1.82) is 0 Å². The lowest BCUT2D eigenvalue weighted by Crippen LogP contribution is -2.15. The van der Waals surface area contributed by atoms with Crippen LogP contribution in [0.5, 0.6) is 0 Å². The van der Waals surface area contributed by atoms with Crippen molar-refractivity contribution in [3.8, 4) is 0 Å². The number of rotatable bonds is 5. The number of nitrogens with zero attached hydrogens (tertiary/aromatic N) is 3. The first-order valence-electron chi connectivity index (χ1n) is 7.79. The van der Waals surface area contributed by atoms with Crippen LogP contribution >= 0.6 is 11.3 Å². The second-order valence-electron chi connectivity index (χ2n) is 5.39. The molecule has 0 bridgehead atoms. The maximum atomic E-state index is 12.2. The summed E-state index contributed by atoms with van der Waals surface area (Å²) in [5, 5.41) is 10.8. The number of carbonyl (C=O) groups is 1. The second-order valence-corrected chi connectivity index (χ2v) is 6.40. The highest BCUT2D eigenvalue weighted by Crippen LogP contribution is 2.17. The Morgan fingerprint density at radius 1 is 1.27 bits per heavy atom. The minimum Gasteiger partial charge on any atom is -0.312 e. The van der Waals surface area contributed by atoms with E-state index in [4.69, 9.17) is 0 Å². The van der Waals surface area contributed by atoms with Gasteiger partial charge in [-0.2, -0.15) is 4.99 Å². The van der Waals surface area contributed by atoms with Crippen molar-refractivity contribution < 1.29 is 9.72 Å². The summed E-state index contributed by atoms with van der Waals surface area (Å²) < 4.78 is 2.95. The maximum absolute atomic E-state index is 12.2. The number of hydrogen-bond donors (Lipinski definition) is 0. The maximum Gasteiger partial charge on any atom is 0.272 e. The Morgan fingerprint density at radius 2 is 2.08 bits per heavy atom. The first-order valence-corrected chi connectivity index (χ1v) is 8.60. The molecule has 3 rings (SSSR count). The van der Waals surface area contributed by atoms with Crippen LogP contribution in [0.25, 0.3) is 16.3 Å². The molecule has 0 radical (unpaired) electrons.